The average molecular weight is 164 g/mol. The molecule has 1 rings (SSSR count). The molecule has 0 radical (unpaired) electrons. The summed E-state index contributed by atoms with van der Waals surface area (Å²) in [6.45, 7) is 4.46. The smallest absolute Gasteiger partial charge is 0.0392 e. The van der Waals surface area contributed by atoms with Crippen LogP contribution in [0.25, 0.3) is 0 Å². The van der Waals surface area contributed by atoms with Crippen LogP contribution in [0.4, 0.5) is 0 Å². The standard InChI is InChI=1S/C10H16Si/c1-3-8-6-5-7-9(4-2)10(8)11/h5-7H,3-4H2,1-2,11H3. The molecule has 0 fully saturated rings. The molecule has 1 heteroatoms. The Morgan fingerprint density at radius 1 is 1.09 bits per heavy atom. The van der Waals surface area contributed by atoms with Crippen molar-refractivity contribution in [2.45, 2.75) is 26.7 Å². The molecule has 0 aliphatic rings. The van der Waals surface area contributed by atoms with Crippen molar-refractivity contribution in [1.29, 1.82) is 0 Å². The van der Waals surface area contributed by atoms with Crippen molar-refractivity contribution in [3.8, 4) is 0 Å². The van der Waals surface area contributed by atoms with Crippen molar-refractivity contribution in [2.75, 3.05) is 0 Å². The number of benzene rings is 1. The highest BCUT2D eigenvalue weighted by molar-refractivity contribution is 6.34. The molecule has 0 N–H and O–H groups in total. The summed E-state index contributed by atoms with van der Waals surface area (Å²) >= 11 is 0. The summed E-state index contributed by atoms with van der Waals surface area (Å²) in [4.78, 5) is 0. The van der Waals surface area contributed by atoms with Crippen molar-refractivity contribution < 1.29 is 0 Å². The van der Waals surface area contributed by atoms with E-state index >= 15 is 0 Å². The zero-order valence-electron chi connectivity index (χ0n) is 7.65. The molecule has 0 aliphatic heterocycles. The molecule has 0 nitrogen and oxygen atoms in total. The molecule has 0 heterocycles. The van der Waals surface area contributed by atoms with Crippen LogP contribution in [0.2, 0.25) is 0 Å². The van der Waals surface area contributed by atoms with Gasteiger partial charge in [-0.05, 0) is 24.0 Å². The van der Waals surface area contributed by atoms with Gasteiger partial charge in [0.2, 0.25) is 0 Å². The Labute approximate surface area is 72.1 Å². The molecule has 0 aliphatic carbocycles. The minimum atomic E-state index is 1.19. The van der Waals surface area contributed by atoms with Crippen molar-refractivity contribution in [3.05, 3.63) is 29.3 Å². The first-order chi connectivity index (χ1) is 5.29. The molecular weight excluding hydrogens is 148 g/mol. The van der Waals surface area contributed by atoms with Crippen LogP contribution in [0, 0.1) is 0 Å². The average Bonchev–Trinajstić information content (AvgIpc) is 2.05. The van der Waals surface area contributed by atoms with Gasteiger partial charge in [0.15, 0.2) is 0 Å². The van der Waals surface area contributed by atoms with Crippen LogP contribution >= 0.6 is 0 Å². The van der Waals surface area contributed by atoms with Gasteiger partial charge in [-0.2, -0.15) is 0 Å². The predicted molar refractivity (Wildman–Crippen MR) is 54.8 cm³/mol. The summed E-state index contributed by atoms with van der Waals surface area (Å²) in [7, 11) is 1.20. The van der Waals surface area contributed by atoms with Crippen LogP contribution in [0.15, 0.2) is 18.2 Å². The van der Waals surface area contributed by atoms with E-state index in [1.54, 1.807) is 16.3 Å². The van der Waals surface area contributed by atoms with Crippen molar-refractivity contribution in [2.24, 2.45) is 0 Å². The minimum Gasteiger partial charge on any atom is -0.0645 e. The zero-order valence-corrected chi connectivity index (χ0v) is 9.65. The lowest BCUT2D eigenvalue weighted by Crippen LogP contribution is -2.14. The maximum Gasteiger partial charge on any atom is 0.0392 e. The third kappa shape index (κ3) is 1.72. The maximum atomic E-state index is 2.25. The molecular formula is C10H16Si. The van der Waals surface area contributed by atoms with E-state index < -0.39 is 0 Å². The van der Waals surface area contributed by atoms with E-state index in [0.717, 1.165) is 0 Å². The molecule has 0 aromatic heterocycles. The highest BCUT2D eigenvalue weighted by atomic mass is 28.1. The Morgan fingerprint density at radius 2 is 1.55 bits per heavy atom. The van der Waals surface area contributed by atoms with Gasteiger partial charge >= 0.3 is 0 Å². The maximum absolute atomic E-state index is 2.25. The van der Waals surface area contributed by atoms with Gasteiger partial charge in [-0.1, -0.05) is 37.2 Å². The molecule has 0 bridgehead atoms. The number of rotatable bonds is 2. The van der Waals surface area contributed by atoms with E-state index in [9.17, 15) is 0 Å². The largest absolute Gasteiger partial charge is 0.0645 e. The fourth-order valence-corrected chi connectivity index (χ4v) is 2.54. The van der Waals surface area contributed by atoms with Crippen LogP contribution in [0.3, 0.4) is 0 Å². The van der Waals surface area contributed by atoms with Gasteiger partial charge < -0.3 is 0 Å². The Balaban J connectivity index is 3.10. The predicted octanol–water partition coefficient (Wildman–Crippen LogP) is 0.802. The van der Waals surface area contributed by atoms with Gasteiger partial charge in [0.25, 0.3) is 0 Å². The number of hydrogen-bond acceptors (Lipinski definition) is 0. The van der Waals surface area contributed by atoms with E-state index in [1.807, 2.05) is 0 Å². The molecule has 0 atom stereocenters. The minimum absolute atomic E-state index is 1.19. The van der Waals surface area contributed by atoms with Gasteiger partial charge in [-0.15, -0.1) is 0 Å². The topological polar surface area (TPSA) is 0 Å². The third-order valence-electron chi connectivity index (χ3n) is 2.32. The molecule has 0 spiro atoms. The van der Waals surface area contributed by atoms with Gasteiger partial charge in [0, 0.05) is 10.2 Å². The summed E-state index contributed by atoms with van der Waals surface area (Å²) in [5, 5.41) is 1.62. The normalized spacial score (nSPS) is 10.4. The fraction of sp³-hybridized carbons (Fsp3) is 0.400. The molecule has 0 saturated carbocycles. The number of hydrogen-bond donors (Lipinski definition) is 0. The first-order valence-corrected chi connectivity index (χ1v) is 5.37. The summed E-state index contributed by atoms with van der Waals surface area (Å²) in [5.74, 6) is 0. The second kappa shape index (κ2) is 3.72. The van der Waals surface area contributed by atoms with Gasteiger partial charge in [-0.25, -0.2) is 0 Å². The van der Waals surface area contributed by atoms with Gasteiger partial charge in [0.1, 0.15) is 0 Å². The second-order valence-corrected chi connectivity index (χ2v) is 3.91. The Morgan fingerprint density at radius 3 is 1.91 bits per heavy atom. The lowest BCUT2D eigenvalue weighted by Gasteiger charge is -2.07. The molecule has 1 aromatic rings. The molecule has 11 heavy (non-hydrogen) atoms. The first-order valence-electron chi connectivity index (χ1n) is 4.37. The Hall–Kier alpha value is -0.563. The number of aryl methyl sites for hydroxylation is 2. The van der Waals surface area contributed by atoms with Crippen molar-refractivity contribution in [3.63, 3.8) is 0 Å². The van der Waals surface area contributed by atoms with Crippen LogP contribution < -0.4 is 5.19 Å². The molecule has 1 aromatic carbocycles. The first kappa shape index (κ1) is 8.53. The van der Waals surface area contributed by atoms with Crippen LogP contribution in [0.1, 0.15) is 25.0 Å². The summed E-state index contributed by atoms with van der Waals surface area (Å²) < 4.78 is 0. The van der Waals surface area contributed by atoms with E-state index in [2.05, 4.69) is 32.0 Å². The molecule has 0 amide bonds. The fourth-order valence-electron chi connectivity index (χ4n) is 1.50. The summed E-state index contributed by atoms with van der Waals surface area (Å²) in [6.07, 6.45) is 2.37. The zero-order chi connectivity index (χ0) is 8.27. The Bertz CT molecular complexity index is 218. The van der Waals surface area contributed by atoms with Crippen molar-refractivity contribution >= 4 is 15.4 Å². The third-order valence-corrected chi connectivity index (χ3v) is 3.60. The monoisotopic (exact) mass is 164 g/mol. The van der Waals surface area contributed by atoms with Crippen LogP contribution in [-0.4, -0.2) is 10.2 Å². The highest BCUT2D eigenvalue weighted by Crippen LogP contribution is 2.01. The SMILES string of the molecule is CCc1cccc(CC)c1[SiH3]. The van der Waals surface area contributed by atoms with E-state index in [4.69, 9.17) is 0 Å². The van der Waals surface area contributed by atoms with E-state index in [1.165, 1.54) is 23.1 Å². The summed E-state index contributed by atoms with van der Waals surface area (Å²) in [6, 6.07) is 6.68. The van der Waals surface area contributed by atoms with Crippen LogP contribution in [0.5, 0.6) is 0 Å². The second-order valence-electron chi connectivity index (χ2n) is 2.91. The van der Waals surface area contributed by atoms with Crippen LogP contribution in [-0.2, 0) is 12.8 Å². The molecule has 0 unspecified atom stereocenters. The highest BCUT2D eigenvalue weighted by Gasteiger charge is 1.98. The van der Waals surface area contributed by atoms with Crippen molar-refractivity contribution in [1.82, 2.24) is 0 Å². The molecule has 60 valence electrons. The van der Waals surface area contributed by atoms with Gasteiger partial charge in [-0.3, -0.25) is 0 Å². The Kier molecular flexibility index (Phi) is 2.89. The summed E-state index contributed by atoms with van der Waals surface area (Å²) in [5.41, 5.74) is 3.10. The van der Waals surface area contributed by atoms with E-state index in [0.29, 0.717) is 0 Å². The van der Waals surface area contributed by atoms with E-state index in [-0.39, 0.29) is 0 Å². The lowest BCUT2D eigenvalue weighted by molar-refractivity contribution is 1.11. The lowest BCUT2D eigenvalue weighted by atomic mass is 10.1. The van der Waals surface area contributed by atoms with Gasteiger partial charge in [0.05, 0.1) is 0 Å². The quantitative estimate of drug-likeness (QED) is 0.567. The molecule has 0 saturated heterocycles.